The number of carbonyl (C=O) groups is 2. The van der Waals surface area contributed by atoms with Crippen molar-refractivity contribution < 1.29 is 9.59 Å². The number of rotatable bonds is 9. The second-order valence-corrected chi connectivity index (χ2v) is 9.71. The van der Waals surface area contributed by atoms with Crippen molar-refractivity contribution in [2.45, 2.75) is 65.3 Å². The molecule has 1 N–H and O–H groups in total. The number of carbonyl (C=O) groups excluding carboxylic acids is 2. The summed E-state index contributed by atoms with van der Waals surface area (Å²) in [5.74, 6) is 0.744. The maximum atomic E-state index is 13.3. The highest BCUT2D eigenvalue weighted by atomic mass is 35.5. The number of unbranched alkanes of at least 4 members (excludes halogenated alkanes) is 1. The first-order valence-corrected chi connectivity index (χ1v) is 12.6. The van der Waals surface area contributed by atoms with Crippen LogP contribution in [-0.2, 0) is 9.59 Å². The molecule has 0 aromatic heterocycles. The van der Waals surface area contributed by atoms with E-state index in [9.17, 15) is 9.59 Å². The van der Waals surface area contributed by atoms with Gasteiger partial charge in [-0.1, -0.05) is 38.3 Å². The molecule has 2 heterocycles. The molecule has 1 aromatic carbocycles. The zero-order valence-electron chi connectivity index (χ0n) is 19.9. The van der Waals surface area contributed by atoms with Crippen molar-refractivity contribution in [3.8, 4) is 0 Å². The monoisotopic (exact) mass is 462 g/mol. The number of nitrogens with zero attached hydrogens (tertiary/aromatic N) is 3. The first-order valence-electron chi connectivity index (χ1n) is 12.3. The zero-order valence-corrected chi connectivity index (χ0v) is 20.7. The zero-order chi connectivity index (χ0) is 23.1. The molecule has 0 spiro atoms. The third-order valence-corrected chi connectivity index (χ3v) is 7.21. The van der Waals surface area contributed by atoms with Crippen LogP contribution in [0.4, 0.5) is 11.4 Å². The van der Waals surface area contributed by atoms with Gasteiger partial charge in [0.1, 0.15) is 0 Å². The standard InChI is InChI=1S/C25H39ClN4O2/c1-4-28(5-2)13-7-6-8-20-11-14-29(15-12-20)18-25(32)30-19(3)16-24(31)27-22-17-21(26)9-10-23(22)30/h9-10,17,19-20H,4-8,11-16,18H2,1-3H3,(H,27,31). The van der Waals surface area contributed by atoms with Crippen molar-refractivity contribution in [2.75, 3.05) is 49.5 Å². The number of hydrogen-bond acceptors (Lipinski definition) is 4. The van der Waals surface area contributed by atoms with Gasteiger partial charge in [-0.3, -0.25) is 14.5 Å². The van der Waals surface area contributed by atoms with Crippen molar-refractivity contribution in [1.29, 1.82) is 0 Å². The van der Waals surface area contributed by atoms with Crippen LogP contribution in [0.15, 0.2) is 18.2 Å². The Morgan fingerprint density at radius 1 is 1.19 bits per heavy atom. The number of fused-ring (bicyclic) bond motifs is 1. The normalized spacial score (nSPS) is 20.2. The minimum Gasteiger partial charge on any atom is -0.324 e. The van der Waals surface area contributed by atoms with Crippen molar-refractivity contribution in [3.63, 3.8) is 0 Å². The average molecular weight is 463 g/mol. The lowest BCUT2D eigenvalue weighted by Crippen LogP contribution is -2.46. The van der Waals surface area contributed by atoms with Gasteiger partial charge in [0.15, 0.2) is 0 Å². The van der Waals surface area contributed by atoms with Crippen LogP contribution in [0.25, 0.3) is 0 Å². The Kier molecular flexibility index (Phi) is 9.38. The van der Waals surface area contributed by atoms with Gasteiger partial charge in [0.05, 0.1) is 17.9 Å². The highest BCUT2D eigenvalue weighted by Gasteiger charge is 2.31. The van der Waals surface area contributed by atoms with E-state index in [1.165, 1.54) is 38.6 Å². The van der Waals surface area contributed by atoms with Gasteiger partial charge < -0.3 is 15.1 Å². The summed E-state index contributed by atoms with van der Waals surface area (Å²) in [6.07, 6.45) is 6.50. The summed E-state index contributed by atoms with van der Waals surface area (Å²) < 4.78 is 0. The summed E-state index contributed by atoms with van der Waals surface area (Å²) in [5, 5.41) is 3.44. The van der Waals surface area contributed by atoms with Crippen molar-refractivity contribution in [3.05, 3.63) is 23.2 Å². The second kappa shape index (κ2) is 12.0. The van der Waals surface area contributed by atoms with Gasteiger partial charge in [-0.05, 0) is 83.0 Å². The molecule has 2 aliphatic heterocycles. The number of anilines is 2. The summed E-state index contributed by atoms with van der Waals surface area (Å²) in [6.45, 7) is 12.2. The number of piperidine rings is 1. The van der Waals surface area contributed by atoms with E-state index < -0.39 is 0 Å². The molecular weight excluding hydrogens is 424 g/mol. The molecule has 32 heavy (non-hydrogen) atoms. The SMILES string of the molecule is CCN(CC)CCCCC1CCN(CC(=O)N2c3ccc(Cl)cc3NC(=O)CC2C)CC1. The minimum atomic E-state index is -0.187. The summed E-state index contributed by atoms with van der Waals surface area (Å²) in [4.78, 5) is 32.1. The quantitative estimate of drug-likeness (QED) is 0.543. The van der Waals surface area contributed by atoms with E-state index in [4.69, 9.17) is 11.6 Å². The number of hydrogen-bond donors (Lipinski definition) is 1. The Labute approximate surface area is 198 Å². The number of likely N-dealkylation sites (tertiary alicyclic amines) is 1. The smallest absolute Gasteiger partial charge is 0.241 e. The molecule has 2 amide bonds. The number of benzene rings is 1. The Morgan fingerprint density at radius 3 is 2.59 bits per heavy atom. The predicted molar refractivity (Wildman–Crippen MR) is 132 cm³/mol. The van der Waals surface area contributed by atoms with E-state index in [-0.39, 0.29) is 24.3 Å². The fourth-order valence-corrected chi connectivity index (χ4v) is 5.18. The maximum absolute atomic E-state index is 13.3. The molecule has 1 unspecified atom stereocenters. The van der Waals surface area contributed by atoms with Crippen LogP contribution >= 0.6 is 11.6 Å². The molecule has 3 rings (SSSR count). The molecule has 0 saturated carbocycles. The molecule has 0 radical (unpaired) electrons. The first kappa shape index (κ1) is 25.0. The van der Waals surface area contributed by atoms with Gasteiger partial charge >= 0.3 is 0 Å². The molecular formula is C25H39ClN4O2. The molecule has 7 heteroatoms. The summed E-state index contributed by atoms with van der Waals surface area (Å²) in [7, 11) is 0. The van der Waals surface area contributed by atoms with Crippen LogP contribution in [0.3, 0.4) is 0 Å². The van der Waals surface area contributed by atoms with Crippen molar-refractivity contribution in [2.24, 2.45) is 5.92 Å². The van der Waals surface area contributed by atoms with E-state index in [1.54, 1.807) is 17.0 Å². The Balaban J connectivity index is 1.50. The average Bonchev–Trinajstić information content (AvgIpc) is 2.88. The fourth-order valence-electron chi connectivity index (χ4n) is 5.01. The van der Waals surface area contributed by atoms with Gasteiger partial charge in [0.2, 0.25) is 11.8 Å². The van der Waals surface area contributed by atoms with Crippen LogP contribution in [0.2, 0.25) is 5.02 Å². The molecule has 0 bridgehead atoms. The molecule has 6 nitrogen and oxygen atoms in total. The third-order valence-electron chi connectivity index (χ3n) is 6.98. The van der Waals surface area contributed by atoms with Crippen LogP contribution in [0.5, 0.6) is 0 Å². The number of halogens is 1. The minimum absolute atomic E-state index is 0.0512. The van der Waals surface area contributed by atoms with E-state index in [0.717, 1.165) is 37.8 Å². The van der Waals surface area contributed by atoms with Crippen LogP contribution in [0, 0.1) is 5.92 Å². The summed E-state index contributed by atoms with van der Waals surface area (Å²) in [6, 6.07) is 5.14. The van der Waals surface area contributed by atoms with E-state index in [1.807, 2.05) is 13.0 Å². The maximum Gasteiger partial charge on any atom is 0.241 e. The fraction of sp³-hybridized carbons (Fsp3) is 0.680. The summed E-state index contributed by atoms with van der Waals surface area (Å²) in [5.41, 5.74) is 1.35. The van der Waals surface area contributed by atoms with Gasteiger partial charge in [0.25, 0.3) is 0 Å². The van der Waals surface area contributed by atoms with Gasteiger partial charge in [-0.2, -0.15) is 0 Å². The molecule has 0 aliphatic carbocycles. The Hall–Kier alpha value is -1.63. The van der Waals surface area contributed by atoms with Crippen molar-refractivity contribution in [1.82, 2.24) is 9.80 Å². The van der Waals surface area contributed by atoms with E-state index in [2.05, 4.69) is 29.0 Å². The molecule has 2 aliphatic rings. The Bertz CT molecular complexity index is 775. The first-order chi connectivity index (χ1) is 15.4. The van der Waals surface area contributed by atoms with E-state index in [0.29, 0.717) is 17.3 Å². The highest BCUT2D eigenvalue weighted by molar-refractivity contribution is 6.31. The molecule has 178 valence electrons. The predicted octanol–water partition coefficient (Wildman–Crippen LogP) is 4.63. The lowest BCUT2D eigenvalue weighted by molar-refractivity contribution is -0.120. The molecule has 1 atom stereocenters. The van der Waals surface area contributed by atoms with Gasteiger partial charge in [0, 0.05) is 17.5 Å². The summed E-state index contributed by atoms with van der Waals surface area (Å²) >= 11 is 6.12. The lowest BCUT2D eigenvalue weighted by Gasteiger charge is -2.34. The molecule has 1 fully saturated rings. The van der Waals surface area contributed by atoms with Gasteiger partial charge in [-0.15, -0.1) is 0 Å². The number of amides is 2. The third kappa shape index (κ3) is 6.69. The van der Waals surface area contributed by atoms with E-state index >= 15 is 0 Å². The van der Waals surface area contributed by atoms with Crippen LogP contribution in [0.1, 0.15) is 59.3 Å². The molecule has 1 saturated heterocycles. The van der Waals surface area contributed by atoms with Crippen LogP contribution < -0.4 is 10.2 Å². The van der Waals surface area contributed by atoms with Crippen molar-refractivity contribution >= 4 is 34.8 Å². The lowest BCUT2D eigenvalue weighted by atomic mass is 9.91. The highest BCUT2D eigenvalue weighted by Crippen LogP contribution is 2.34. The Morgan fingerprint density at radius 2 is 1.91 bits per heavy atom. The topological polar surface area (TPSA) is 55.9 Å². The van der Waals surface area contributed by atoms with Crippen LogP contribution in [-0.4, -0.2) is 66.9 Å². The second-order valence-electron chi connectivity index (χ2n) is 9.27. The number of nitrogens with one attached hydrogen (secondary N) is 1. The molecule has 1 aromatic rings. The van der Waals surface area contributed by atoms with Gasteiger partial charge in [-0.25, -0.2) is 0 Å². The largest absolute Gasteiger partial charge is 0.324 e.